The number of hydrogen-bond acceptors (Lipinski definition) is 6. The molecular formula is C17H20N2O3S2. The van der Waals surface area contributed by atoms with Gasteiger partial charge in [-0.15, -0.1) is 11.3 Å². The second-order valence-electron chi connectivity index (χ2n) is 5.41. The molecule has 1 aromatic heterocycles. The zero-order valence-electron chi connectivity index (χ0n) is 13.7. The van der Waals surface area contributed by atoms with Crippen LogP contribution in [0.1, 0.15) is 31.1 Å². The molecule has 0 unspecified atom stereocenters. The van der Waals surface area contributed by atoms with Crippen LogP contribution in [0.2, 0.25) is 0 Å². The highest BCUT2D eigenvalue weighted by molar-refractivity contribution is 8.00. The molecule has 0 aliphatic carbocycles. The van der Waals surface area contributed by atoms with Crippen molar-refractivity contribution < 1.29 is 14.3 Å². The molecule has 0 spiro atoms. The molecule has 0 saturated carbocycles. The molecule has 1 aliphatic heterocycles. The Morgan fingerprint density at radius 3 is 2.96 bits per heavy atom. The Kier molecular flexibility index (Phi) is 5.63. The smallest absolute Gasteiger partial charge is 0.226 e. The van der Waals surface area contributed by atoms with E-state index in [2.05, 4.69) is 17.2 Å². The van der Waals surface area contributed by atoms with Crippen LogP contribution >= 0.6 is 23.1 Å². The SMILES string of the molecule is CCSc1nc(CC(=O)N[C@H](C)c2ccc3c(c2)OCCO3)cs1. The molecule has 1 aliphatic rings. The number of rotatable bonds is 6. The number of carbonyl (C=O) groups excluding carboxylic acids is 1. The maximum Gasteiger partial charge on any atom is 0.226 e. The predicted molar refractivity (Wildman–Crippen MR) is 96.2 cm³/mol. The Labute approximate surface area is 149 Å². The molecular weight excluding hydrogens is 344 g/mol. The van der Waals surface area contributed by atoms with Crippen molar-refractivity contribution in [2.45, 2.75) is 30.6 Å². The fraction of sp³-hybridized carbons (Fsp3) is 0.412. The van der Waals surface area contributed by atoms with Gasteiger partial charge in [0.15, 0.2) is 11.5 Å². The topological polar surface area (TPSA) is 60.5 Å². The second-order valence-corrected chi connectivity index (χ2v) is 7.78. The molecule has 0 saturated heterocycles. The summed E-state index contributed by atoms with van der Waals surface area (Å²) in [6.45, 7) is 5.18. The lowest BCUT2D eigenvalue weighted by Gasteiger charge is -2.21. The van der Waals surface area contributed by atoms with E-state index in [1.165, 1.54) is 0 Å². The highest BCUT2D eigenvalue weighted by atomic mass is 32.2. The van der Waals surface area contributed by atoms with E-state index in [1.54, 1.807) is 23.1 Å². The van der Waals surface area contributed by atoms with Gasteiger partial charge in [-0.1, -0.05) is 24.8 Å². The molecule has 0 radical (unpaired) electrons. The van der Waals surface area contributed by atoms with Gasteiger partial charge < -0.3 is 14.8 Å². The van der Waals surface area contributed by atoms with Gasteiger partial charge in [0.2, 0.25) is 5.91 Å². The fourth-order valence-corrected chi connectivity index (χ4v) is 4.17. The number of ether oxygens (including phenoxy) is 2. The number of benzene rings is 1. The Morgan fingerprint density at radius 1 is 1.38 bits per heavy atom. The van der Waals surface area contributed by atoms with Crippen LogP contribution in [0.15, 0.2) is 27.9 Å². The zero-order valence-corrected chi connectivity index (χ0v) is 15.3. The van der Waals surface area contributed by atoms with Crippen molar-refractivity contribution in [2.24, 2.45) is 0 Å². The molecule has 24 heavy (non-hydrogen) atoms. The first kappa shape index (κ1) is 17.1. The van der Waals surface area contributed by atoms with Crippen LogP contribution in [-0.2, 0) is 11.2 Å². The third-order valence-electron chi connectivity index (χ3n) is 3.58. The first-order valence-corrected chi connectivity index (χ1v) is 9.78. The molecule has 5 nitrogen and oxygen atoms in total. The summed E-state index contributed by atoms with van der Waals surface area (Å²) in [5.74, 6) is 2.45. The van der Waals surface area contributed by atoms with Crippen molar-refractivity contribution in [2.75, 3.05) is 19.0 Å². The monoisotopic (exact) mass is 364 g/mol. The largest absolute Gasteiger partial charge is 0.486 e. The minimum absolute atomic E-state index is 0.0317. The molecule has 1 N–H and O–H groups in total. The standard InChI is InChI=1S/C17H20N2O3S2/c1-3-23-17-19-13(10-24-17)9-16(20)18-11(2)12-4-5-14-15(8-12)22-7-6-21-14/h4-5,8,10-11H,3,6-7,9H2,1-2H3,(H,18,20)/t11-/m1/s1. The van der Waals surface area contributed by atoms with E-state index >= 15 is 0 Å². The number of thiazole rings is 1. The summed E-state index contributed by atoms with van der Waals surface area (Å²) >= 11 is 3.29. The maximum absolute atomic E-state index is 12.2. The number of nitrogens with zero attached hydrogens (tertiary/aromatic N) is 1. The molecule has 2 heterocycles. The van der Waals surface area contributed by atoms with E-state index in [4.69, 9.17) is 9.47 Å². The molecule has 2 aromatic rings. The summed E-state index contributed by atoms with van der Waals surface area (Å²) in [5.41, 5.74) is 1.82. The van der Waals surface area contributed by atoms with Gasteiger partial charge in [0.25, 0.3) is 0 Å². The van der Waals surface area contributed by atoms with E-state index < -0.39 is 0 Å². The molecule has 3 rings (SSSR count). The number of amides is 1. The van der Waals surface area contributed by atoms with E-state index in [-0.39, 0.29) is 11.9 Å². The second kappa shape index (κ2) is 7.90. The summed E-state index contributed by atoms with van der Waals surface area (Å²) in [6, 6.07) is 5.67. The summed E-state index contributed by atoms with van der Waals surface area (Å²) in [7, 11) is 0. The Balaban J connectivity index is 1.59. The molecule has 1 aromatic carbocycles. The molecule has 1 atom stereocenters. The average molecular weight is 364 g/mol. The van der Waals surface area contributed by atoms with Gasteiger partial charge in [-0.05, 0) is 30.4 Å². The Hall–Kier alpha value is -1.73. The summed E-state index contributed by atoms with van der Waals surface area (Å²) in [4.78, 5) is 16.7. The first-order valence-electron chi connectivity index (χ1n) is 7.92. The number of carbonyl (C=O) groups is 1. The first-order chi connectivity index (χ1) is 11.7. The van der Waals surface area contributed by atoms with Gasteiger partial charge in [-0.25, -0.2) is 4.98 Å². The lowest BCUT2D eigenvalue weighted by Crippen LogP contribution is -2.28. The summed E-state index contributed by atoms with van der Waals surface area (Å²) < 4.78 is 12.1. The highest BCUT2D eigenvalue weighted by Gasteiger charge is 2.16. The Morgan fingerprint density at radius 2 is 2.17 bits per heavy atom. The van der Waals surface area contributed by atoms with Gasteiger partial charge in [0.05, 0.1) is 18.2 Å². The molecule has 0 bridgehead atoms. The van der Waals surface area contributed by atoms with Crippen LogP contribution in [0.25, 0.3) is 0 Å². The van der Waals surface area contributed by atoms with Gasteiger partial charge in [-0.3, -0.25) is 4.79 Å². The quantitative estimate of drug-likeness (QED) is 0.796. The zero-order chi connectivity index (χ0) is 16.9. The van der Waals surface area contributed by atoms with Gasteiger partial charge in [0.1, 0.15) is 17.6 Å². The lowest BCUT2D eigenvalue weighted by atomic mass is 10.1. The Bertz CT molecular complexity index is 718. The van der Waals surface area contributed by atoms with Crippen LogP contribution in [0.4, 0.5) is 0 Å². The lowest BCUT2D eigenvalue weighted by molar-refractivity contribution is -0.121. The van der Waals surface area contributed by atoms with E-state index in [0.717, 1.165) is 32.8 Å². The minimum atomic E-state index is -0.101. The van der Waals surface area contributed by atoms with Crippen molar-refractivity contribution in [1.29, 1.82) is 0 Å². The van der Waals surface area contributed by atoms with Gasteiger partial charge in [0, 0.05) is 5.38 Å². The van der Waals surface area contributed by atoms with Gasteiger partial charge in [-0.2, -0.15) is 0 Å². The van der Waals surface area contributed by atoms with Crippen molar-refractivity contribution in [1.82, 2.24) is 10.3 Å². The van der Waals surface area contributed by atoms with E-state index in [1.807, 2.05) is 30.5 Å². The van der Waals surface area contributed by atoms with E-state index in [9.17, 15) is 4.79 Å². The molecule has 7 heteroatoms. The summed E-state index contributed by atoms with van der Waals surface area (Å²) in [6.07, 6.45) is 0.301. The molecule has 128 valence electrons. The summed E-state index contributed by atoms with van der Waals surface area (Å²) in [5, 5.41) is 4.97. The van der Waals surface area contributed by atoms with E-state index in [0.29, 0.717) is 19.6 Å². The van der Waals surface area contributed by atoms with Gasteiger partial charge >= 0.3 is 0 Å². The van der Waals surface area contributed by atoms with Crippen LogP contribution < -0.4 is 14.8 Å². The van der Waals surface area contributed by atoms with Crippen molar-refractivity contribution in [3.63, 3.8) is 0 Å². The maximum atomic E-state index is 12.2. The number of nitrogens with one attached hydrogen (secondary N) is 1. The van der Waals surface area contributed by atoms with Crippen molar-refractivity contribution in [3.8, 4) is 11.5 Å². The van der Waals surface area contributed by atoms with Crippen molar-refractivity contribution >= 4 is 29.0 Å². The predicted octanol–water partition coefficient (Wildman–Crippen LogP) is 3.45. The highest BCUT2D eigenvalue weighted by Crippen LogP contribution is 2.32. The third-order valence-corrected chi connectivity index (χ3v) is 5.54. The number of aromatic nitrogens is 1. The van der Waals surface area contributed by atoms with Crippen LogP contribution in [0, 0.1) is 0 Å². The number of hydrogen-bond donors (Lipinski definition) is 1. The molecule has 0 fully saturated rings. The molecule has 1 amide bonds. The third kappa shape index (κ3) is 4.21. The average Bonchev–Trinajstić information content (AvgIpc) is 3.01. The fourth-order valence-electron chi connectivity index (χ4n) is 2.43. The normalized spacial score (nSPS) is 14.2. The van der Waals surface area contributed by atoms with Crippen LogP contribution in [0.3, 0.4) is 0 Å². The number of thioether (sulfide) groups is 1. The van der Waals surface area contributed by atoms with Crippen LogP contribution in [-0.4, -0.2) is 29.9 Å². The minimum Gasteiger partial charge on any atom is -0.486 e. The number of fused-ring (bicyclic) bond motifs is 1. The van der Waals surface area contributed by atoms with Crippen molar-refractivity contribution in [3.05, 3.63) is 34.8 Å². The van der Waals surface area contributed by atoms with Crippen LogP contribution in [0.5, 0.6) is 11.5 Å².